The van der Waals surface area contributed by atoms with Gasteiger partial charge < -0.3 is 13.9 Å². The lowest BCUT2D eigenvalue weighted by molar-refractivity contribution is -0.167. The van der Waals surface area contributed by atoms with E-state index in [4.69, 9.17) is 25.5 Å². The van der Waals surface area contributed by atoms with Gasteiger partial charge in [0.25, 0.3) is 0 Å². The van der Waals surface area contributed by atoms with Gasteiger partial charge in [-0.2, -0.15) is 5.26 Å². The number of allylic oxidation sites excluding steroid dienone is 2. The van der Waals surface area contributed by atoms with Gasteiger partial charge in [-0.05, 0) is 42.5 Å². The molecule has 0 spiro atoms. The number of carbonyl (C=O) groups excluding carboxylic acids is 1. The molecule has 2 bridgehead atoms. The molecule has 31 heavy (non-hydrogen) atoms. The largest absolute Gasteiger partial charge is 0.501 e. The highest BCUT2D eigenvalue weighted by Crippen LogP contribution is 2.71. The Morgan fingerprint density at radius 1 is 1.32 bits per heavy atom. The molecule has 1 fully saturated rings. The number of alkyl halides is 1. The first kappa shape index (κ1) is 26.0. The van der Waals surface area contributed by atoms with Crippen LogP contribution in [0.5, 0.6) is 0 Å². The molecule has 0 aromatic rings. The number of nitriles is 1. The second-order valence-electron chi connectivity index (χ2n) is 9.76. The highest BCUT2D eigenvalue weighted by atomic mass is 35.5. The van der Waals surface area contributed by atoms with Crippen molar-refractivity contribution in [1.82, 2.24) is 0 Å². The zero-order valence-corrected chi connectivity index (χ0v) is 22.0. The third-order valence-electron chi connectivity index (χ3n) is 7.58. The summed E-state index contributed by atoms with van der Waals surface area (Å²) in [6.45, 7) is 19.0. The number of methoxy groups -OCH3 is 1. The second-order valence-corrected chi connectivity index (χ2v) is 15.8. The van der Waals surface area contributed by atoms with E-state index in [0.29, 0.717) is 5.76 Å². The van der Waals surface area contributed by atoms with Crippen LogP contribution in [-0.2, 0) is 18.7 Å². The fourth-order valence-electron chi connectivity index (χ4n) is 6.43. The quantitative estimate of drug-likeness (QED) is 0.168. The SMILES string of the molecule is C=CCC1(C(=O)OCC)[C@@H]2C[C@@](Cl)(C#N)[C@@]1(O[Si](C(C)C)(C(C)C)C(C)C)C=C2OC. The van der Waals surface area contributed by atoms with Crippen molar-refractivity contribution in [1.29, 1.82) is 5.26 Å². The molecule has 2 rings (SSSR count). The lowest BCUT2D eigenvalue weighted by Gasteiger charge is -2.53. The number of fused-ring (bicyclic) bond motifs is 2. The third kappa shape index (κ3) is 3.31. The van der Waals surface area contributed by atoms with Gasteiger partial charge >= 0.3 is 5.97 Å². The minimum atomic E-state index is -2.57. The fourth-order valence-corrected chi connectivity index (χ4v) is 12.6. The van der Waals surface area contributed by atoms with Gasteiger partial charge in [0.2, 0.25) is 8.32 Å². The smallest absolute Gasteiger partial charge is 0.316 e. The summed E-state index contributed by atoms with van der Waals surface area (Å²) in [4.78, 5) is 12.3. The maximum absolute atomic E-state index is 13.7. The molecule has 0 amide bonds. The Labute approximate surface area is 193 Å². The second kappa shape index (κ2) is 8.92. The summed E-state index contributed by atoms with van der Waals surface area (Å²) in [5.41, 5.74) is -1.83. The number of ether oxygens (including phenoxy) is 2. The average Bonchev–Trinajstić information content (AvgIpc) is 3.07. The molecule has 0 aliphatic heterocycles. The minimum absolute atomic E-state index is 0.228. The van der Waals surface area contributed by atoms with Crippen molar-refractivity contribution in [2.75, 3.05) is 13.7 Å². The van der Waals surface area contributed by atoms with Crippen LogP contribution < -0.4 is 0 Å². The lowest BCUT2D eigenvalue weighted by atomic mass is 9.69. The van der Waals surface area contributed by atoms with Crippen LogP contribution in [0, 0.1) is 22.7 Å². The van der Waals surface area contributed by atoms with Crippen LogP contribution in [0.1, 0.15) is 61.3 Å². The molecular formula is C24H38ClNO4Si. The Kier molecular flexibility index (Phi) is 7.47. The zero-order valence-electron chi connectivity index (χ0n) is 20.3. The van der Waals surface area contributed by atoms with E-state index in [9.17, 15) is 10.1 Å². The molecule has 0 N–H and O–H groups in total. The van der Waals surface area contributed by atoms with Gasteiger partial charge in [-0.1, -0.05) is 59.2 Å². The first-order valence-corrected chi connectivity index (χ1v) is 13.8. The maximum atomic E-state index is 13.7. The first-order valence-electron chi connectivity index (χ1n) is 11.3. The van der Waals surface area contributed by atoms with Crippen LogP contribution in [0.2, 0.25) is 16.6 Å². The Morgan fingerprint density at radius 3 is 2.26 bits per heavy atom. The van der Waals surface area contributed by atoms with E-state index in [1.807, 2.05) is 6.08 Å². The van der Waals surface area contributed by atoms with Gasteiger partial charge in [-0.15, -0.1) is 6.58 Å². The normalized spacial score (nSPS) is 32.4. The van der Waals surface area contributed by atoms with E-state index in [-0.39, 0.29) is 36.1 Å². The van der Waals surface area contributed by atoms with Crippen molar-refractivity contribution in [2.45, 2.75) is 88.4 Å². The molecule has 1 unspecified atom stereocenters. The van der Waals surface area contributed by atoms with E-state index in [1.54, 1.807) is 20.1 Å². The van der Waals surface area contributed by atoms with E-state index in [2.05, 4.69) is 54.2 Å². The summed E-state index contributed by atoms with van der Waals surface area (Å²) >= 11 is 7.11. The summed E-state index contributed by atoms with van der Waals surface area (Å²) in [5, 5.41) is 10.3. The number of halogens is 1. The van der Waals surface area contributed by atoms with Crippen molar-refractivity contribution < 1.29 is 18.7 Å². The minimum Gasteiger partial charge on any atom is -0.501 e. The summed E-state index contributed by atoms with van der Waals surface area (Å²) < 4.78 is 18.6. The van der Waals surface area contributed by atoms with Crippen LogP contribution in [-0.4, -0.2) is 38.5 Å². The van der Waals surface area contributed by atoms with Crippen molar-refractivity contribution in [3.8, 4) is 6.07 Å². The predicted octanol–water partition coefficient (Wildman–Crippen LogP) is 6.11. The molecule has 0 aromatic carbocycles. The van der Waals surface area contributed by atoms with Crippen LogP contribution in [0.25, 0.3) is 0 Å². The molecular weight excluding hydrogens is 430 g/mol. The van der Waals surface area contributed by atoms with Crippen molar-refractivity contribution in [2.24, 2.45) is 11.3 Å². The van der Waals surface area contributed by atoms with Gasteiger partial charge in [0.05, 0.1) is 25.5 Å². The van der Waals surface area contributed by atoms with Gasteiger partial charge in [-0.3, -0.25) is 4.79 Å². The summed E-state index contributed by atoms with van der Waals surface area (Å²) in [6.07, 6.45) is 4.08. The van der Waals surface area contributed by atoms with Gasteiger partial charge in [-0.25, -0.2) is 0 Å². The monoisotopic (exact) mass is 467 g/mol. The zero-order chi connectivity index (χ0) is 23.8. The number of hydrogen-bond acceptors (Lipinski definition) is 5. The molecule has 2 aliphatic rings. The maximum Gasteiger partial charge on any atom is 0.316 e. The molecule has 1 saturated carbocycles. The van der Waals surface area contributed by atoms with Crippen molar-refractivity contribution in [3.05, 3.63) is 24.5 Å². The Hall–Kier alpha value is -1.29. The summed E-state index contributed by atoms with van der Waals surface area (Å²) in [5.74, 6) is -0.175. The molecule has 0 radical (unpaired) electrons. The number of nitrogens with zero attached hydrogens (tertiary/aromatic N) is 1. The molecule has 2 aliphatic carbocycles. The third-order valence-corrected chi connectivity index (χ3v) is 14.2. The summed E-state index contributed by atoms with van der Waals surface area (Å²) in [6, 6.07) is 2.33. The van der Waals surface area contributed by atoms with E-state index in [0.717, 1.165) is 0 Å². The molecule has 0 heterocycles. The standard InChI is InChI=1S/C24H38ClNO4Si/c1-10-12-23(21(27)29-11-2)19-13-22(25,15-26)24(23,14-20(19)28-9)30-31(16(3)4,17(5)6)18(7)8/h10,14,16-19H,1,11-13H2,2-9H3/t19-,22-,23?,24+/m1/s1. The van der Waals surface area contributed by atoms with Crippen LogP contribution in [0.3, 0.4) is 0 Å². The van der Waals surface area contributed by atoms with Gasteiger partial charge in [0.15, 0.2) is 4.87 Å². The molecule has 4 atom stereocenters. The first-order chi connectivity index (χ1) is 14.4. The Morgan fingerprint density at radius 2 is 1.87 bits per heavy atom. The molecule has 7 heteroatoms. The van der Waals surface area contributed by atoms with Crippen LogP contribution >= 0.6 is 11.6 Å². The van der Waals surface area contributed by atoms with Crippen molar-refractivity contribution in [3.63, 3.8) is 0 Å². The molecule has 0 aromatic heterocycles. The van der Waals surface area contributed by atoms with Crippen molar-refractivity contribution >= 4 is 25.9 Å². The number of esters is 1. The summed E-state index contributed by atoms with van der Waals surface area (Å²) in [7, 11) is -0.983. The number of hydrogen-bond donors (Lipinski definition) is 0. The van der Waals surface area contributed by atoms with Gasteiger partial charge in [0, 0.05) is 5.92 Å². The molecule has 5 nitrogen and oxygen atoms in total. The number of rotatable bonds is 10. The topological polar surface area (TPSA) is 68.6 Å². The Balaban J connectivity index is 2.93. The van der Waals surface area contributed by atoms with Gasteiger partial charge in [0.1, 0.15) is 11.0 Å². The van der Waals surface area contributed by atoms with Crippen LogP contribution in [0.4, 0.5) is 0 Å². The van der Waals surface area contributed by atoms with E-state index < -0.39 is 36.1 Å². The van der Waals surface area contributed by atoms with E-state index in [1.165, 1.54) is 0 Å². The van der Waals surface area contributed by atoms with E-state index >= 15 is 0 Å². The lowest BCUT2D eigenvalue weighted by Crippen LogP contribution is -2.65. The highest BCUT2D eigenvalue weighted by Gasteiger charge is 2.81. The predicted molar refractivity (Wildman–Crippen MR) is 126 cm³/mol. The van der Waals surface area contributed by atoms with Crippen LogP contribution in [0.15, 0.2) is 24.5 Å². The fraction of sp³-hybridized carbons (Fsp3) is 0.750. The highest BCUT2D eigenvalue weighted by molar-refractivity contribution is 6.77. The molecule has 0 saturated heterocycles. The average molecular weight is 468 g/mol. The number of carbonyl (C=O) groups is 1. The Bertz CT molecular complexity index is 767. The molecule has 174 valence electrons.